The maximum atomic E-state index is 10.9. The van der Waals surface area contributed by atoms with E-state index in [1.54, 1.807) is 6.20 Å². The van der Waals surface area contributed by atoms with Crippen LogP contribution < -0.4 is 10.1 Å². The number of nitrogens with one attached hydrogen (secondary N) is 1. The van der Waals surface area contributed by atoms with Crippen molar-refractivity contribution in [2.75, 3.05) is 5.32 Å². The smallest absolute Gasteiger partial charge is 0.303 e. The van der Waals surface area contributed by atoms with Gasteiger partial charge in [-0.15, -0.1) is 0 Å². The Morgan fingerprint density at radius 2 is 1.94 bits per heavy atom. The largest absolute Gasteiger partial charge is 0.481 e. The van der Waals surface area contributed by atoms with Crippen LogP contribution in [0, 0.1) is 0 Å². The quantitative estimate of drug-likeness (QED) is 0.312. The molecular formula is C27H26N4O3. The Balaban J connectivity index is 1.36. The minimum Gasteiger partial charge on any atom is -0.481 e. The Kier molecular flexibility index (Phi) is 6.25. The SMILES string of the molecule is O=C(O)CCc1cccc(Nc2cc(Oc3cn(C4CCC4)nc3-c3ccccc3)ccn2)c1. The molecule has 0 amide bonds. The molecule has 1 fully saturated rings. The lowest BCUT2D eigenvalue weighted by Gasteiger charge is -2.25. The number of nitrogens with zero attached hydrogens (tertiary/aromatic N) is 3. The molecule has 2 aromatic heterocycles. The number of rotatable bonds is 9. The number of carboxylic acid groups (broad SMARTS) is 1. The van der Waals surface area contributed by atoms with Crippen molar-refractivity contribution in [3.8, 4) is 22.8 Å². The Morgan fingerprint density at radius 3 is 2.71 bits per heavy atom. The Morgan fingerprint density at radius 1 is 1.09 bits per heavy atom. The molecule has 0 spiro atoms. The Hall–Kier alpha value is -4.13. The van der Waals surface area contributed by atoms with Crippen LogP contribution in [0.4, 0.5) is 11.5 Å². The van der Waals surface area contributed by atoms with E-state index < -0.39 is 5.97 Å². The minimum absolute atomic E-state index is 0.101. The van der Waals surface area contributed by atoms with Crippen LogP contribution >= 0.6 is 0 Å². The van der Waals surface area contributed by atoms with Crippen LogP contribution in [-0.4, -0.2) is 25.8 Å². The molecule has 7 heteroatoms. The number of aromatic nitrogens is 3. The fraction of sp³-hybridized carbons (Fsp3) is 0.222. The fourth-order valence-corrected chi connectivity index (χ4v) is 3.96. The van der Waals surface area contributed by atoms with Crippen molar-refractivity contribution in [2.45, 2.75) is 38.1 Å². The predicted octanol–water partition coefficient (Wildman–Crippen LogP) is 6.22. The van der Waals surface area contributed by atoms with Crippen molar-refractivity contribution in [2.24, 2.45) is 0 Å². The van der Waals surface area contributed by atoms with Crippen LogP contribution in [0.25, 0.3) is 11.3 Å². The van der Waals surface area contributed by atoms with E-state index in [-0.39, 0.29) is 6.42 Å². The van der Waals surface area contributed by atoms with Gasteiger partial charge in [0.15, 0.2) is 5.75 Å². The summed E-state index contributed by atoms with van der Waals surface area (Å²) in [6.07, 6.45) is 7.79. The lowest BCUT2D eigenvalue weighted by Crippen LogP contribution is -2.17. The van der Waals surface area contributed by atoms with E-state index in [1.165, 1.54) is 6.42 Å². The summed E-state index contributed by atoms with van der Waals surface area (Å²) in [6.45, 7) is 0. The van der Waals surface area contributed by atoms with E-state index in [0.29, 0.717) is 29.8 Å². The van der Waals surface area contributed by atoms with Crippen LogP contribution in [0.1, 0.15) is 37.3 Å². The van der Waals surface area contributed by atoms with Crippen LogP contribution in [0.15, 0.2) is 79.1 Å². The van der Waals surface area contributed by atoms with E-state index in [4.69, 9.17) is 14.9 Å². The summed E-state index contributed by atoms with van der Waals surface area (Å²) in [5.74, 6) is 1.21. The molecule has 1 saturated carbocycles. The van der Waals surface area contributed by atoms with Crippen molar-refractivity contribution in [1.82, 2.24) is 14.8 Å². The minimum atomic E-state index is -0.805. The first-order valence-electron chi connectivity index (χ1n) is 11.5. The average molecular weight is 455 g/mol. The summed E-state index contributed by atoms with van der Waals surface area (Å²) >= 11 is 0. The maximum Gasteiger partial charge on any atom is 0.303 e. The van der Waals surface area contributed by atoms with Crippen molar-refractivity contribution in [1.29, 1.82) is 0 Å². The molecule has 2 N–H and O–H groups in total. The molecule has 1 aliphatic rings. The van der Waals surface area contributed by atoms with E-state index in [1.807, 2.05) is 77.6 Å². The molecule has 0 atom stereocenters. The standard InChI is InChI=1S/C27H26N4O3/c32-26(33)13-12-19-6-4-9-21(16-19)29-25-17-23(14-15-28-25)34-24-18-31(22-10-5-11-22)30-27(24)20-7-2-1-3-8-20/h1-4,6-9,14-18,22H,5,10-13H2,(H,28,29)(H,32,33). The zero-order valence-electron chi connectivity index (χ0n) is 18.7. The number of hydrogen-bond acceptors (Lipinski definition) is 5. The molecule has 1 aliphatic carbocycles. The number of anilines is 2. The molecule has 0 unspecified atom stereocenters. The van der Waals surface area contributed by atoms with Gasteiger partial charge in [0.05, 0.1) is 12.2 Å². The molecule has 0 aliphatic heterocycles. The topological polar surface area (TPSA) is 89.3 Å². The number of benzene rings is 2. The highest BCUT2D eigenvalue weighted by Gasteiger charge is 2.23. The number of pyridine rings is 1. The lowest BCUT2D eigenvalue weighted by atomic mass is 9.93. The van der Waals surface area contributed by atoms with Gasteiger partial charge in [-0.2, -0.15) is 5.10 Å². The van der Waals surface area contributed by atoms with E-state index in [2.05, 4.69) is 10.3 Å². The number of aliphatic carboxylic acids is 1. The molecule has 7 nitrogen and oxygen atoms in total. The van der Waals surface area contributed by atoms with Crippen LogP contribution in [0.3, 0.4) is 0 Å². The number of ether oxygens (including phenoxy) is 1. The van der Waals surface area contributed by atoms with Gasteiger partial charge in [0.1, 0.15) is 17.3 Å². The molecule has 34 heavy (non-hydrogen) atoms. The van der Waals surface area contributed by atoms with Gasteiger partial charge in [-0.1, -0.05) is 42.5 Å². The van der Waals surface area contributed by atoms with Gasteiger partial charge >= 0.3 is 5.97 Å². The molecule has 0 bridgehead atoms. The number of carbonyl (C=O) groups is 1. The summed E-state index contributed by atoms with van der Waals surface area (Å²) in [5.41, 5.74) is 3.64. The lowest BCUT2D eigenvalue weighted by molar-refractivity contribution is -0.136. The maximum absolute atomic E-state index is 10.9. The average Bonchev–Trinajstić information content (AvgIpc) is 3.20. The molecule has 0 radical (unpaired) electrons. The van der Waals surface area contributed by atoms with Gasteiger partial charge in [0.2, 0.25) is 0 Å². The summed E-state index contributed by atoms with van der Waals surface area (Å²) in [4.78, 5) is 15.3. The molecule has 2 aromatic carbocycles. The van der Waals surface area contributed by atoms with Gasteiger partial charge in [-0.3, -0.25) is 9.48 Å². The second-order valence-corrected chi connectivity index (χ2v) is 8.47. The summed E-state index contributed by atoms with van der Waals surface area (Å²) < 4.78 is 8.33. The molecule has 172 valence electrons. The number of aryl methyl sites for hydroxylation is 1. The zero-order chi connectivity index (χ0) is 23.3. The second kappa shape index (κ2) is 9.79. The predicted molar refractivity (Wildman–Crippen MR) is 131 cm³/mol. The monoisotopic (exact) mass is 454 g/mol. The number of hydrogen-bond donors (Lipinski definition) is 2. The van der Waals surface area contributed by atoms with E-state index in [0.717, 1.165) is 35.3 Å². The Labute approximate surface area is 198 Å². The Bertz CT molecular complexity index is 1280. The highest BCUT2D eigenvalue weighted by Crippen LogP contribution is 2.38. The van der Waals surface area contributed by atoms with Crippen molar-refractivity contribution in [3.63, 3.8) is 0 Å². The molecule has 0 saturated heterocycles. The zero-order valence-corrected chi connectivity index (χ0v) is 18.7. The van der Waals surface area contributed by atoms with Crippen LogP contribution in [-0.2, 0) is 11.2 Å². The molecule has 4 aromatic rings. The third kappa shape index (κ3) is 5.09. The van der Waals surface area contributed by atoms with Crippen molar-refractivity contribution < 1.29 is 14.6 Å². The first kappa shape index (κ1) is 21.7. The summed E-state index contributed by atoms with van der Waals surface area (Å²) in [5, 5.41) is 17.1. The molecule has 5 rings (SSSR count). The highest BCUT2D eigenvalue weighted by atomic mass is 16.5. The van der Waals surface area contributed by atoms with Crippen LogP contribution in [0.5, 0.6) is 11.5 Å². The molecular weight excluding hydrogens is 428 g/mol. The van der Waals surface area contributed by atoms with Crippen LogP contribution in [0.2, 0.25) is 0 Å². The van der Waals surface area contributed by atoms with Crippen molar-refractivity contribution in [3.05, 3.63) is 84.7 Å². The van der Waals surface area contributed by atoms with Gasteiger partial charge < -0.3 is 15.2 Å². The third-order valence-electron chi connectivity index (χ3n) is 5.98. The third-order valence-corrected chi connectivity index (χ3v) is 5.98. The highest BCUT2D eigenvalue weighted by molar-refractivity contribution is 5.68. The van der Waals surface area contributed by atoms with Crippen molar-refractivity contribution >= 4 is 17.5 Å². The first-order valence-corrected chi connectivity index (χ1v) is 11.5. The normalized spacial score (nSPS) is 13.3. The number of carboxylic acids is 1. The second-order valence-electron chi connectivity index (χ2n) is 8.47. The molecule has 2 heterocycles. The van der Waals surface area contributed by atoms with Gasteiger partial charge in [0, 0.05) is 29.9 Å². The van der Waals surface area contributed by atoms with Gasteiger partial charge in [0.25, 0.3) is 0 Å². The van der Waals surface area contributed by atoms with Gasteiger partial charge in [-0.05, 0) is 49.4 Å². The first-order chi connectivity index (χ1) is 16.6. The summed E-state index contributed by atoms with van der Waals surface area (Å²) in [7, 11) is 0. The summed E-state index contributed by atoms with van der Waals surface area (Å²) in [6, 6.07) is 21.9. The van der Waals surface area contributed by atoms with Gasteiger partial charge in [-0.25, -0.2) is 4.98 Å². The van der Waals surface area contributed by atoms with E-state index in [9.17, 15) is 4.79 Å². The van der Waals surface area contributed by atoms with E-state index >= 15 is 0 Å². The fourth-order valence-electron chi connectivity index (χ4n) is 3.96.